The van der Waals surface area contributed by atoms with Crippen LogP contribution in [0.3, 0.4) is 0 Å². The van der Waals surface area contributed by atoms with Gasteiger partial charge in [0.25, 0.3) is 0 Å². The van der Waals surface area contributed by atoms with Gasteiger partial charge in [0, 0.05) is 13.1 Å². The largest absolute Gasteiger partial charge is 0.351 e. The highest BCUT2D eigenvalue weighted by atomic mass is 16.5. The van der Waals surface area contributed by atoms with Gasteiger partial charge >= 0.3 is 0 Å². The highest BCUT2D eigenvalue weighted by Crippen LogP contribution is 2.26. The molecule has 6 nitrogen and oxygen atoms in total. The number of hydrogen-bond donors (Lipinski definition) is 1. The maximum atomic E-state index is 12.5. The average molecular weight is 342 g/mol. The number of carbonyl (C=O) groups excluding carboxylic acids is 1. The molecular weight excluding hydrogens is 316 g/mol. The third-order valence-corrected chi connectivity index (χ3v) is 4.86. The summed E-state index contributed by atoms with van der Waals surface area (Å²) in [6, 6.07) is 8.06. The molecule has 1 saturated heterocycles. The SMILES string of the molecule is Cc1ccc(CNC(=O)C(C)N2CCCC(c3nc(C)no3)C2)cc1. The van der Waals surface area contributed by atoms with Crippen LogP contribution in [-0.2, 0) is 11.3 Å². The molecule has 2 unspecified atom stereocenters. The second-order valence-corrected chi connectivity index (χ2v) is 6.89. The summed E-state index contributed by atoms with van der Waals surface area (Å²) < 4.78 is 5.32. The van der Waals surface area contributed by atoms with E-state index in [1.54, 1.807) is 0 Å². The summed E-state index contributed by atoms with van der Waals surface area (Å²) in [7, 11) is 0. The zero-order valence-corrected chi connectivity index (χ0v) is 15.2. The fourth-order valence-electron chi connectivity index (χ4n) is 3.25. The lowest BCUT2D eigenvalue weighted by Crippen LogP contribution is -2.48. The lowest BCUT2D eigenvalue weighted by atomic mass is 9.96. The first-order chi connectivity index (χ1) is 12.0. The third kappa shape index (κ3) is 4.45. The molecule has 2 atom stereocenters. The molecule has 2 aromatic rings. The summed E-state index contributed by atoms with van der Waals surface area (Å²) in [5.41, 5.74) is 2.34. The van der Waals surface area contributed by atoms with E-state index in [0.29, 0.717) is 18.3 Å². The molecule has 2 heterocycles. The Morgan fingerprint density at radius 3 is 2.80 bits per heavy atom. The molecule has 1 aromatic carbocycles. The number of amides is 1. The Morgan fingerprint density at radius 2 is 2.12 bits per heavy atom. The third-order valence-electron chi connectivity index (χ3n) is 4.86. The maximum Gasteiger partial charge on any atom is 0.237 e. The van der Waals surface area contributed by atoms with Gasteiger partial charge in [0.15, 0.2) is 5.82 Å². The van der Waals surface area contributed by atoms with E-state index in [-0.39, 0.29) is 17.9 Å². The number of nitrogens with one attached hydrogen (secondary N) is 1. The molecule has 3 rings (SSSR count). The highest BCUT2D eigenvalue weighted by Gasteiger charge is 2.30. The van der Waals surface area contributed by atoms with Crippen LogP contribution in [-0.4, -0.2) is 40.1 Å². The number of piperidine rings is 1. The van der Waals surface area contributed by atoms with Gasteiger partial charge in [-0.1, -0.05) is 35.0 Å². The van der Waals surface area contributed by atoms with Crippen LogP contribution in [0.4, 0.5) is 0 Å². The van der Waals surface area contributed by atoms with Crippen molar-refractivity contribution in [1.82, 2.24) is 20.4 Å². The summed E-state index contributed by atoms with van der Waals surface area (Å²) in [5, 5.41) is 6.92. The number of carbonyl (C=O) groups is 1. The number of aryl methyl sites for hydroxylation is 2. The normalized spacial score (nSPS) is 19.6. The van der Waals surface area contributed by atoms with Gasteiger partial charge in [-0.25, -0.2) is 0 Å². The fourth-order valence-corrected chi connectivity index (χ4v) is 3.25. The van der Waals surface area contributed by atoms with Crippen LogP contribution < -0.4 is 5.32 Å². The number of aromatic nitrogens is 2. The van der Waals surface area contributed by atoms with Crippen LogP contribution >= 0.6 is 0 Å². The van der Waals surface area contributed by atoms with Crippen molar-refractivity contribution in [2.45, 2.75) is 52.1 Å². The lowest BCUT2D eigenvalue weighted by molar-refractivity contribution is -0.126. The van der Waals surface area contributed by atoms with E-state index in [1.807, 2.05) is 13.8 Å². The Morgan fingerprint density at radius 1 is 1.36 bits per heavy atom. The van der Waals surface area contributed by atoms with E-state index < -0.39 is 0 Å². The van der Waals surface area contributed by atoms with Gasteiger partial charge in [0.1, 0.15) is 0 Å². The summed E-state index contributed by atoms with van der Waals surface area (Å²) in [5.74, 6) is 1.62. The van der Waals surface area contributed by atoms with Crippen LogP contribution in [0.25, 0.3) is 0 Å². The summed E-state index contributed by atoms with van der Waals surface area (Å²) in [6.45, 7) is 8.11. The molecule has 0 saturated carbocycles. The van der Waals surface area contributed by atoms with Crippen molar-refractivity contribution in [2.75, 3.05) is 13.1 Å². The predicted octanol–water partition coefficient (Wildman–Crippen LogP) is 2.57. The monoisotopic (exact) mass is 342 g/mol. The maximum absolute atomic E-state index is 12.5. The van der Waals surface area contributed by atoms with Gasteiger partial charge < -0.3 is 9.84 Å². The molecule has 1 aliphatic rings. The Kier molecular flexibility index (Phi) is 5.48. The predicted molar refractivity (Wildman–Crippen MR) is 95.1 cm³/mol. The Balaban J connectivity index is 1.54. The van der Waals surface area contributed by atoms with E-state index in [1.165, 1.54) is 5.56 Å². The van der Waals surface area contributed by atoms with Crippen molar-refractivity contribution in [2.24, 2.45) is 0 Å². The minimum Gasteiger partial charge on any atom is -0.351 e. The van der Waals surface area contributed by atoms with Crippen LogP contribution in [0.5, 0.6) is 0 Å². The molecular formula is C19H26N4O2. The van der Waals surface area contributed by atoms with Gasteiger partial charge in [-0.2, -0.15) is 4.98 Å². The van der Waals surface area contributed by atoms with E-state index in [0.717, 1.165) is 31.5 Å². The number of likely N-dealkylation sites (tertiary alicyclic amines) is 1. The van der Waals surface area contributed by atoms with Crippen molar-refractivity contribution >= 4 is 5.91 Å². The zero-order chi connectivity index (χ0) is 17.8. The van der Waals surface area contributed by atoms with Gasteiger partial charge in [0.2, 0.25) is 11.8 Å². The van der Waals surface area contributed by atoms with Gasteiger partial charge in [-0.05, 0) is 45.7 Å². The minimum atomic E-state index is -0.169. The number of rotatable bonds is 5. The molecule has 1 aromatic heterocycles. The molecule has 0 spiro atoms. The molecule has 1 aliphatic heterocycles. The standard InChI is InChI=1S/C19H26N4O2/c1-13-6-8-16(9-7-13)11-20-18(24)14(2)23-10-4-5-17(12-23)19-21-15(3)22-25-19/h6-9,14,17H,4-5,10-12H2,1-3H3,(H,20,24). The first-order valence-electron chi connectivity index (χ1n) is 8.90. The fraction of sp³-hybridized carbons (Fsp3) is 0.526. The lowest BCUT2D eigenvalue weighted by Gasteiger charge is -2.34. The van der Waals surface area contributed by atoms with E-state index in [2.05, 4.69) is 51.5 Å². The molecule has 1 N–H and O–H groups in total. The van der Waals surface area contributed by atoms with Crippen molar-refractivity contribution < 1.29 is 9.32 Å². The highest BCUT2D eigenvalue weighted by molar-refractivity contribution is 5.81. The molecule has 25 heavy (non-hydrogen) atoms. The van der Waals surface area contributed by atoms with Crippen molar-refractivity contribution in [1.29, 1.82) is 0 Å². The first kappa shape index (κ1) is 17.6. The molecule has 134 valence electrons. The number of nitrogens with zero attached hydrogens (tertiary/aromatic N) is 3. The molecule has 0 bridgehead atoms. The van der Waals surface area contributed by atoms with E-state index >= 15 is 0 Å². The van der Waals surface area contributed by atoms with Crippen molar-refractivity contribution in [3.63, 3.8) is 0 Å². The van der Waals surface area contributed by atoms with E-state index in [4.69, 9.17) is 4.52 Å². The Hall–Kier alpha value is -2.21. The number of hydrogen-bond acceptors (Lipinski definition) is 5. The van der Waals surface area contributed by atoms with Crippen molar-refractivity contribution in [3.05, 3.63) is 47.1 Å². The molecule has 0 aliphatic carbocycles. The molecule has 1 fully saturated rings. The van der Waals surface area contributed by atoms with Crippen molar-refractivity contribution in [3.8, 4) is 0 Å². The van der Waals surface area contributed by atoms with Crippen LogP contribution in [0.1, 0.15) is 48.5 Å². The second kappa shape index (κ2) is 7.78. The van der Waals surface area contributed by atoms with Crippen LogP contribution in [0.2, 0.25) is 0 Å². The van der Waals surface area contributed by atoms with Crippen LogP contribution in [0, 0.1) is 13.8 Å². The number of benzene rings is 1. The molecule has 1 amide bonds. The topological polar surface area (TPSA) is 71.3 Å². The summed E-state index contributed by atoms with van der Waals surface area (Å²) >= 11 is 0. The Bertz CT molecular complexity index is 710. The minimum absolute atomic E-state index is 0.0583. The van der Waals surface area contributed by atoms with Crippen LogP contribution in [0.15, 0.2) is 28.8 Å². The zero-order valence-electron chi connectivity index (χ0n) is 15.2. The van der Waals surface area contributed by atoms with Gasteiger partial charge in [-0.3, -0.25) is 9.69 Å². The Labute approximate surface area is 148 Å². The second-order valence-electron chi connectivity index (χ2n) is 6.89. The summed E-state index contributed by atoms with van der Waals surface area (Å²) in [4.78, 5) is 19.1. The average Bonchev–Trinajstić information content (AvgIpc) is 3.07. The van der Waals surface area contributed by atoms with E-state index in [9.17, 15) is 4.79 Å². The molecule has 6 heteroatoms. The quantitative estimate of drug-likeness (QED) is 0.904. The first-order valence-corrected chi connectivity index (χ1v) is 8.90. The van der Waals surface area contributed by atoms with Gasteiger partial charge in [0.05, 0.1) is 12.0 Å². The molecule has 0 radical (unpaired) electrons. The van der Waals surface area contributed by atoms with Gasteiger partial charge in [-0.15, -0.1) is 0 Å². The summed E-state index contributed by atoms with van der Waals surface area (Å²) in [6.07, 6.45) is 2.05. The smallest absolute Gasteiger partial charge is 0.237 e.